The Kier molecular flexibility index (Phi) is 7.30. The minimum absolute atomic E-state index is 0.0304. The first-order chi connectivity index (χ1) is 15.7. The van der Waals surface area contributed by atoms with E-state index >= 15 is 0 Å². The van der Waals surface area contributed by atoms with Gasteiger partial charge in [-0.3, -0.25) is 0 Å². The summed E-state index contributed by atoms with van der Waals surface area (Å²) < 4.78 is 10.2. The van der Waals surface area contributed by atoms with Crippen LogP contribution < -0.4 is 4.35 Å². The van der Waals surface area contributed by atoms with Crippen LogP contribution in [-0.2, 0) is 16.0 Å². The molecule has 0 saturated carbocycles. The van der Waals surface area contributed by atoms with Crippen molar-refractivity contribution in [3.05, 3.63) is 64.2 Å². The Balaban J connectivity index is 1.90. The van der Waals surface area contributed by atoms with Crippen molar-refractivity contribution in [3.63, 3.8) is 0 Å². The number of nitrogens with zero attached hydrogens (tertiary/aromatic N) is 1. The van der Waals surface area contributed by atoms with E-state index in [1.54, 1.807) is 77.9 Å². The summed E-state index contributed by atoms with van der Waals surface area (Å²) in [7, 11) is 0. The quantitative estimate of drug-likeness (QED) is 0.392. The number of fused-ring (bicyclic) bond motifs is 1. The third-order valence-corrected chi connectivity index (χ3v) is 8.59. The van der Waals surface area contributed by atoms with Gasteiger partial charge in [0.05, 0.1) is 0 Å². The second kappa shape index (κ2) is 9.55. The molecule has 9 heteroatoms. The molecule has 1 heterocycles. The minimum atomic E-state index is -3.18. The first kappa shape index (κ1) is 26.0. The number of carbonyl (C=O) groups excluding carboxylic acids is 4. The fourth-order valence-corrected chi connectivity index (χ4v) is 7.40. The van der Waals surface area contributed by atoms with Crippen LogP contribution in [0.15, 0.2) is 42.5 Å². The second-order valence-electron chi connectivity index (χ2n) is 9.81. The molecule has 7 nitrogen and oxygen atoms in total. The molecule has 0 aliphatic carbocycles. The molecular formula is C25H27AsClNO6. The van der Waals surface area contributed by atoms with E-state index < -0.39 is 47.2 Å². The standard InChI is InChI=1S/C25H27AsClNO6/c1-24(2,3)33-22(31)26(23(32)34-25(4,5)6)16-12-11-15(19(27)13-16)14-28-20(29)17-9-7-8-10-18(17)21(28)30/h7-13H,14H2,1-6H3. The monoisotopic (exact) mass is 547 g/mol. The summed E-state index contributed by atoms with van der Waals surface area (Å²) in [6.45, 7) is 10.3. The Morgan fingerprint density at radius 2 is 1.32 bits per heavy atom. The van der Waals surface area contributed by atoms with Gasteiger partial charge in [0.2, 0.25) is 0 Å². The van der Waals surface area contributed by atoms with Gasteiger partial charge in [-0.15, -0.1) is 0 Å². The van der Waals surface area contributed by atoms with Gasteiger partial charge in [0.1, 0.15) is 0 Å². The molecule has 0 fully saturated rings. The molecule has 2 amide bonds. The van der Waals surface area contributed by atoms with Crippen LogP contribution in [0.25, 0.3) is 0 Å². The number of benzene rings is 2. The van der Waals surface area contributed by atoms with Gasteiger partial charge in [-0.25, -0.2) is 0 Å². The molecule has 0 radical (unpaired) electrons. The number of halogens is 1. The molecule has 0 N–H and O–H groups in total. The molecular weight excluding hydrogens is 521 g/mol. The molecule has 1 aliphatic heterocycles. The molecule has 0 saturated heterocycles. The van der Waals surface area contributed by atoms with E-state index in [2.05, 4.69) is 0 Å². The van der Waals surface area contributed by atoms with Crippen LogP contribution in [0.1, 0.15) is 67.8 Å². The molecule has 1 aliphatic rings. The van der Waals surface area contributed by atoms with Crippen molar-refractivity contribution in [1.82, 2.24) is 4.90 Å². The summed E-state index contributed by atoms with van der Waals surface area (Å²) in [5.74, 6) is -0.785. The topological polar surface area (TPSA) is 90.0 Å². The van der Waals surface area contributed by atoms with E-state index in [0.717, 1.165) is 4.90 Å². The van der Waals surface area contributed by atoms with E-state index in [-0.39, 0.29) is 11.6 Å². The van der Waals surface area contributed by atoms with E-state index in [9.17, 15) is 19.2 Å². The van der Waals surface area contributed by atoms with Crippen LogP contribution in [0.4, 0.5) is 9.59 Å². The van der Waals surface area contributed by atoms with Gasteiger partial charge in [-0.1, -0.05) is 0 Å². The van der Waals surface area contributed by atoms with Crippen molar-refractivity contribution in [2.24, 2.45) is 0 Å². The number of amides is 2. The third-order valence-electron chi connectivity index (χ3n) is 4.65. The van der Waals surface area contributed by atoms with Crippen molar-refractivity contribution >= 4 is 51.9 Å². The van der Waals surface area contributed by atoms with Gasteiger partial charge >= 0.3 is 209 Å². The zero-order valence-corrected chi connectivity index (χ0v) is 22.6. The Morgan fingerprint density at radius 1 is 0.853 bits per heavy atom. The first-order valence-electron chi connectivity index (χ1n) is 10.7. The maximum atomic E-state index is 13.0. The average Bonchev–Trinajstić information content (AvgIpc) is 2.92. The third kappa shape index (κ3) is 5.89. The van der Waals surface area contributed by atoms with Crippen LogP contribution in [0.2, 0.25) is 5.02 Å². The molecule has 2 aromatic carbocycles. The second-order valence-corrected chi connectivity index (χ2v) is 14.2. The van der Waals surface area contributed by atoms with Crippen LogP contribution in [0, 0.1) is 0 Å². The summed E-state index contributed by atoms with van der Waals surface area (Å²) in [5, 5.41) is 0.237. The van der Waals surface area contributed by atoms with Crippen molar-refractivity contribution in [2.75, 3.05) is 0 Å². The summed E-state index contributed by atoms with van der Waals surface area (Å²) in [4.78, 5) is 52.5. The van der Waals surface area contributed by atoms with E-state index in [4.69, 9.17) is 21.1 Å². The van der Waals surface area contributed by atoms with Gasteiger partial charge in [-0.05, 0) is 0 Å². The van der Waals surface area contributed by atoms with Crippen molar-refractivity contribution in [2.45, 2.75) is 59.3 Å². The summed E-state index contributed by atoms with van der Waals surface area (Å²) in [6.07, 6.45) is 0. The van der Waals surface area contributed by atoms with Crippen molar-refractivity contribution in [1.29, 1.82) is 0 Å². The molecule has 180 valence electrons. The maximum absolute atomic E-state index is 13.0. The number of ether oxygens (including phenoxy) is 2. The van der Waals surface area contributed by atoms with E-state index in [0.29, 0.717) is 21.0 Å². The van der Waals surface area contributed by atoms with Crippen LogP contribution >= 0.6 is 11.6 Å². The predicted octanol–water partition coefficient (Wildman–Crippen LogP) is 4.87. The Labute approximate surface area is 208 Å². The number of hydrogen-bond donors (Lipinski definition) is 0. The summed E-state index contributed by atoms with van der Waals surface area (Å²) in [6, 6.07) is 11.4. The Bertz CT molecular complexity index is 1100. The molecule has 0 atom stereocenters. The van der Waals surface area contributed by atoms with Crippen molar-refractivity contribution in [3.8, 4) is 0 Å². The van der Waals surface area contributed by atoms with Gasteiger partial charge in [0, 0.05) is 0 Å². The van der Waals surface area contributed by atoms with Gasteiger partial charge < -0.3 is 0 Å². The average molecular weight is 548 g/mol. The molecule has 0 spiro atoms. The van der Waals surface area contributed by atoms with E-state index in [1.165, 1.54) is 6.07 Å². The molecule has 0 aromatic heterocycles. The van der Waals surface area contributed by atoms with E-state index in [1.807, 2.05) is 0 Å². The Hall–Kier alpha value is -2.63. The predicted molar refractivity (Wildman–Crippen MR) is 130 cm³/mol. The van der Waals surface area contributed by atoms with Crippen LogP contribution in [0.3, 0.4) is 0 Å². The SMILES string of the molecule is CC(C)(C)OC(=O)[As](C(=O)OC(C)(C)C)c1ccc(CN2C(=O)c3ccccc3C2=O)c(Cl)c1. The van der Waals surface area contributed by atoms with Gasteiger partial charge in [0.15, 0.2) is 0 Å². The molecule has 34 heavy (non-hydrogen) atoms. The van der Waals surface area contributed by atoms with Gasteiger partial charge in [0.25, 0.3) is 0 Å². The van der Waals surface area contributed by atoms with Gasteiger partial charge in [-0.2, -0.15) is 0 Å². The van der Waals surface area contributed by atoms with Crippen LogP contribution in [-0.4, -0.2) is 52.1 Å². The normalized spacial score (nSPS) is 13.8. The molecule has 2 aromatic rings. The number of hydrogen-bond acceptors (Lipinski definition) is 6. The molecule has 0 bridgehead atoms. The fourth-order valence-electron chi connectivity index (χ4n) is 3.26. The number of rotatable bonds is 5. The fraction of sp³-hybridized carbons (Fsp3) is 0.360. The summed E-state index contributed by atoms with van der Waals surface area (Å²) >= 11 is 3.32. The van der Waals surface area contributed by atoms with Crippen LogP contribution in [0.5, 0.6) is 0 Å². The zero-order chi connectivity index (χ0) is 25.4. The molecule has 0 unspecified atom stereocenters. The number of carbonyl (C=O) groups is 4. The summed E-state index contributed by atoms with van der Waals surface area (Å²) in [5.41, 5.74) is -0.337. The Morgan fingerprint density at radius 3 is 1.74 bits per heavy atom. The zero-order valence-electron chi connectivity index (χ0n) is 20.0. The first-order valence-corrected chi connectivity index (χ1v) is 13.9. The van der Waals surface area contributed by atoms with Crippen molar-refractivity contribution < 1.29 is 28.7 Å². The number of imide groups is 1. The molecule has 3 rings (SSSR count).